The van der Waals surface area contributed by atoms with E-state index in [-0.39, 0.29) is 34.9 Å². The molecule has 2 heterocycles. The van der Waals surface area contributed by atoms with Crippen LogP contribution in [0.2, 0.25) is 0 Å². The fourth-order valence-corrected chi connectivity index (χ4v) is 5.10. The number of hydrogen-bond donors (Lipinski definition) is 1. The standard InChI is InChI=1S/C17H17N3O3S2/c21-14-9-24-17(23)20(14)12-7-3-1-5-10(12)18-15(22)16-19-11-6-2-4-8-13(11)25-16/h2,4,6,8,10,12H,1,3,5,7,9H2,(H,18,22). The highest BCUT2D eigenvalue weighted by Gasteiger charge is 2.41. The van der Waals surface area contributed by atoms with Crippen LogP contribution in [0.4, 0.5) is 4.79 Å². The Morgan fingerprint density at radius 1 is 1.20 bits per heavy atom. The van der Waals surface area contributed by atoms with Crippen LogP contribution in [-0.4, -0.2) is 44.8 Å². The number of imide groups is 1. The number of carbonyl (C=O) groups is 3. The van der Waals surface area contributed by atoms with E-state index in [0.717, 1.165) is 47.7 Å². The van der Waals surface area contributed by atoms with Crippen LogP contribution >= 0.6 is 23.1 Å². The summed E-state index contributed by atoms with van der Waals surface area (Å²) in [6.07, 6.45) is 3.44. The Kier molecular flexibility index (Phi) is 4.47. The summed E-state index contributed by atoms with van der Waals surface area (Å²) in [5, 5.41) is 3.24. The van der Waals surface area contributed by atoms with Crippen molar-refractivity contribution in [2.24, 2.45) is 0 Å². The predicted octanol–water partition coefficient (Wildman–Crippen LogP) is 3.03. The molecule has 0 bridgehead atoms. The SMILES string of the molecule is O=C(NC1CCCCC1N1C(=O)CSC1=O)c1nc2ccccc2s1. The molecule has 4 rings (SSSR count). The van der Waals surface area contributed by atoms with Crippen LogP contribution in [0.15, 0.2) is 24.3 Å². The first-order valence-corrected chi connectivity index (χ1v) is 10.1. The maximum Gasteiger partial charge on any atom is 0.289 e. The Morgan fingerprint density at radius 3 is 2.76 bits per heavy atom. The van der Waals surface area contributed by atoms with Crippen LogP contribution in [0, 0.1) is 0 Å². The molecule has 0 spiro atoms. The van der Waals surface area contributed by atoms with Crippen LogP contribution in [-0.2, 0) is 4.79 Å². The average Bonchev–Trinajstić information content (AvgIpc) is 3.19. The highest BCUT2D eigenvalue weighted by atomic mass is 32.2. The second kappa shape index (κ2) is 6.76. The zero-order valence-corrected chi connectivity index (χ0v) is 15.1. The van der Waals surface area contributed by atoms with Crippen LogP contribution < -0.4 is 5.32 Å². The highest BCUT2D eigenvalue weighted by molar-refractivity contribution is 8.14. The van der Waals surface area contributed by atoms with Gasteiger partial charge in [-0.15, -0.1) is 11.3 Å². The summed E-state index contributed by atoms with van der Waals surface area (Å²) in [7, 11) is 0. The summed E-state index contributed by atoms with van der Waals surface area (Å²) in [6, 6.07) is 7.17. The quantitative estimate of drug-likeness (QED) is 0.892. The molecule has 3 amide bonds. The van der Waals surface area contributed by atoms with Crippen molar-refractivity contribution in [3.05, 3.63) is 29.3 Å². The van der Waals surface area contributed by atoms with E-state index >= 15 is 0 Å². The van der Waals surface area contributed by atoms with Crippen molar-refractivity contribution in [2.45, 2.75) is 37.8 Å². The van der Waals surface area contributed by atoms with Crippen molar-refractivity contribution >= 4 is 50.4 Å². The zero-order valence-electron chi connectivity index (χ0n) is 13.4. The lowest BCUT2D eigenvalue weighted by Crippen LogP contribution is -2.54. The molecule has 2 atom stereocenters. The van der Waals surface area contributed by atoms with Crippen LogP contribution in [0.1, 0.15) is 35.5 Å². The van der Waals surface area contributed by atoms with E-state index in [1.54, 1.807) is 0 Å². The lowest BCUT2D eigenvalue weighted by molar-refractivity contribution is -0.127. The number of aromatic nitrogens is 1. The Labute approximate surface area is 153 Å². The summed E-state index contributed by atoms with van der Waals surface area (Å²) in [5.41, 5.74) is 0.805. The van der Waals surface area contributed by atoms with Gasteiger partial charge in [-0.1, -0.05) is 36.7 Å². The second-order valence-electron chi connectivity index (χ2n) is 6.24. The third-order valence-corrected chi connectivity index (χ3v) is 6.52. The fraction of sp³-hybridized carbons (Fsp3) is 0.412. The van der Waals surface area contributed by atoms with E-state index in [1.165, 1.54) is 16.2 Å². The molecule has 2 aliphatic rings. The van der Waals surface area contributed by atoms with E-state index in [9.17, 15) is 14.4 Å². The number of amides is 3. The largest absolute Gasteiger partial charge is 0.345 e. The molecule has 2 fully saturated rings. The number of benzene rings is 1. The molecule has 25 heavy (non-hydrogen) atoms. The number of hydrogen-bond acceptors (Lipinski definition) is 6. The van der Waals surface area contributed by atoms with Gasteiger partial charge in [-0.05, 0) is 25.0 Å². The maximum absolute atomic E-state index is 12.6. The topological polar surface area (TPSA) is 79.4 Å². The minimum absolute atomic E-state index is 0.152. The monoisotopic (exact) mass is 375 g/mol. The molecule has 6 nitrogen and oxygen atoms in total. The van der Waals surface area contributed by atoms with Gasteiger partial charge in [0.05, 0.1) is 28.1 Å². The molecule has 0 radical (unpaired) electrons. The van der Waals surface area contributed by atoms with Gasteiger partial charge in [0.15, 0.2) is 5.01 Å². The van der Waals surface area contributed by atoms with Gasteiger partial charge >= 0.3 is 0 Å². The van der Waals surface area contributed by atoms with Gasteiger partial charge in [-0.3, -0.25) is 19.3 Å². The third kappa shape index (κ3) is 3.16. The van der Waals surface area contributed by atoms with E-state index in [2.05, 4.69) is 10.3 Å². The molecule has 2 aromatic rings. The molecule has 1 aliphatic heterocycles. The number of nitrogens with one attached hydrogen (secondary N) is 1. The fourth-order valence-electron chi connectivity index (χ4n) is 3.47. The van der Waals surface area contributed by atoms with E-state index < -0.39 is 0 Å². The van der Waals surface area contributed by atoms with Crippen molar-refractivity contribution in [2.75, 3.05) is 5.75 Å². The Bertz CT molecular complexity index is 802. The normalized spacial score (nSPS) is 24.1. The number of carbonyl (C=O) groups excluding carboxylic acids is 3. The predicted molar refractivity (Wildman–Crippen MR) is 97.8 cm³/mol. The molecule has 1 aromatic carbocycles. The molecule has 1 N–H and O–H groups in total. The van der Waals surface area contributed by atoms with E-state index in [1.807, 2.05) is 24.3 Å². The van der Waals surface area contributed by atoms with Gasteiger partial charge in [0, 0.05) is 0 Å². The van der Waals surface area contributed by atoms with Gasteiger partial charge in [0.1, 0.15) is 0 Å². The van der Waals surface area contributed by atoms with E-state index in [0.29, 0.717) is 5.01 Å². The van der Waals surface area contributed by atoms with Gasteiger partial charge in [-0.2, -0.15) is 0 Å². The van der Waals surface area contributed by atoms with Crippen molar-refractivity contribution in [3.63, 3.8) is 0 Å². The molecule has 2 unspecified atom stereocenters. The number of para-hydroxylation sites is 1. The molecule has 8 heteroatoms. The van der Waals surface area contributed by atoms with Gasteiger partial charge < -0.3 is 5.32 Å². The van der Waals surface area contributed by atoms with Crippen molar-refractivity contribution in [1.82, 2.24) is 15.2 Å². The Balaban J connectivity index is 1.53. The van der Waals surface area contributed by atoms with Crippen LogP contribution in [0.3, 0.4) is 0 Å². The molecule has 1 saturated carbocycles. The van der Waals surface area contributed by atoms with Crippen molar-refractivity contribution in [3.8, 4) is 0 Å². The third-order valence-electron chi connectivity index (χ3n) is 4.65. The van der Waals surface area contributed by atoms with Gasteiger partial charge in [0.25, 0.3) is 11.1 Å². The second-order valence-corrected chi connectivity index (χ2v) is 8.19. The molecule has 1 aromatic heterocycles. The summed E-state index contributed by atoms with van der Waals surface area (Å²) in [6.45, 7) is 0. The zero-order chi connectivity index (χ0) is 17.4. The number of thiazole rings is 1. The molecular weight excluding hydrogens is 358 g/mol. The first kappa shape index (κ1) is 16.5. The number of nitrogens with zero attached hydrogens (tertiary/aromatic N) is 2. The molecule has 130 valence electrons. The Hall–Kier alpha value is -1.93. The number of rotatable bonds is 3. The van der Waals surface area contributed by atoms with Gasteiger partial charge in [0.2, 0.25) is 5.91 Å². The van der Waals surface area contributed by atoms with Crippen molar-refractivity contribution < 1.29 is 14.4 Å². The summed E-state index contributed by atoms with van der Waals surface area (Å²) in [4.78, 5) is 42.5. The smallest absolute Gasteiger partial charge is 0.289 e. The maximum atomic E-state index is 12.6. The molecule has 1 saturated heterocycles. The minimum Gasteiger partial charge on any atom is -0.345 e. The average molecular weight is 375 g/mol. The lowest BCUT2D eigenvalue weighted by atomic mass is 9.89. The number of thioether (sulfide) groups is 1. The molecular formula is C17H17N3O3S2. The Morgan fingerprint density at radius 2 is 2.00 bits per heavy atom. The summed E-state index contributed by atoms with van der Waals surface area (Å²) in [5.74, 6) is -0.181. The van der Waals surface area contributed by atoms with Crippen LogP contribution in [0.25, 0.3) is 10.2 Å². The minimum atomic E-state index is -0.248. The highest BCUT2D eigenvalue weighted by Crippen LogP contribution is 2.30. The first-order chi connectivity index (χ1) is 12.1. The van der Waals surface area contributed by atoms with Gasteiger partial charge in [-0.25, -0.2) is 4.98 Å². The van der Waals surface area contributed by atoms with Crippen molar-refractivity contribution in [1.29, 1.82) is 0 Å². The lowest BCUT2D eigenvalue weighted by Gasteiger charge is -2.36. The number of fused-ring (bicyclic) bond motifs is 1. The van der Waals surface area contributed by atoms with Crippen LogP contribution in [0.5, 0.6) is 0 Å². The molecule has 1 aliphatic carbocycles. The summed E-state index contributed by atoms with van der Waals surface area (Å²) >= 11 is 2.40. The summed E-state index contributed by atoms with van der Waals surface area (Å²) < 4.78 is 0.967. The first-order valence-electron chi connectivity index (χ1n) is 8.29. The van der Waals surface area contributed by atoms with E-state index in [4.69, 9.17) is 0 Å².